The number of hydrogen-bond donors (Lipinski definition) is 1. The van der Waals surface area contributed by atoms with Gasteiger partial charge in [-0.25, -0.2) is 0 Å². The third kappa shape index (κ3) is 0.830. The van der Waals surface area contributed by atoms with Crippen LogP contribution in [-0.4, -0.2) is 11.7 Å². The van der Waals surface area contributed by atoms with E-state index < -0.39 is 0 Å². The average Bonchev–Trinajstić information content (AvgIpc) is 2.90. The maximum atomic E-state index is 10.1. The van der Waals surface area contributed by atoms with E-state index in [2.05, 4.69) is 12.2 Å². The van der Waals surface area contributed by atoms with Crippen molar-refractivity contribution in [2.75, 3.05) is 6.61 Å². The predicted molar refractivity (Wildman–Crippen MR) is 62.5 cm³/mol. The van der Waals surface area contributed by atoms with E-state index in [0.29, 0.717) is 12.4 Å². The van der Waals surface area contributed by atoms with Crippen LogP contribution in [0, 0.1) is 0 Å². The van der Waals surface area contributed by atoms with Crippen LogP contribution in [0.2, 0.25) is 0 Å². The topological polar surface area (TPSA) is 29.5 Å². The summed E-state index contributed by atoms with van der Waals surface area (Å²) in [6, 6.07) is 1.80. The standard InChI is InChI=1S/C14H10O2/c15-11-7-10-2-1-5-16-14(10)13-9-4-3-8(6-9)12(11)13/h1-4,7,15H,5-6H2. The fourth-order valence-corrected chi connectivity index (χ4v) is 2.76. The van der Waals surface area contributed by atoms with Crippen molar-refractivity contribution in [2.45, 2.75) is 6.42 Å². The van der Waals surface area contributed by atoms with Gasteiger partial charge in [0.1, 0.15) is 18.1 Å². The fourth-order valence-electron chi connectivity index (χ4n) is 2.76. The van der Waals surface area contributed by atoms with E-state index in [1.807, 2.05) is 12.2 Å². The number of aromatic hydroxyl groups is 1. The number of allylic oxidation sites excluding steroid dienone is 2. The van der Waals surface area contributed by atoms with Gasteiger partial charge in [0.25, 0.3) is 0 Å². The molecule has 2 nitrogen and oxygen atoms in total. The second-order valence-electron chi connectivity index (χ2n) is 4.34. The highest BCUT2D eigenvalue weighted by atomic mass is 16.5. The van der Waals surface area contributed by atoms with Crippen molar-refractivity contribution in [1.82, 2.24) is 0 Å². The van der Waals surface area contributed by atoms with Crippen LogP contribution in [0.5, 0.6) is 11.5 Å². The zero-order chi connectivity index (χ0) is 10.7. The summed E-state index contributed by atoms with van der Waals surface area (Å²) in [7, 11) is 0. The maximum Gasteiger partial charge on any atom is 0.135 e. The van der Waals surface area contributed by atoms with Gasteiger partial charge in [0.2, 0.25) is 0 Å². The Balaban J connectivity index is 2.28. The lowest BCUT2D eigenvalue weighted by molar-refractivity contribution is 0.353. The summed E-state index contributed by atoms with van der Waals surface area (Å²) < 4.78 is 5.71. The Morgan fingerprint density at radius 1 is 1.06 bits per heavy atom. The molecule has 0 aromatic heterocycles. The first-order chi connectivity index (χ1) is 7.84. The van der Waals surface area contributed by atoms with Gasteiger partial charge in [-0.15, -0.1) is 0 Å². The molecule has 1 N–H and O–H groups in total. The van der Waals surface area contributed by atoms with Crippen LogP contribution in [0.1, 0.15) is 12.0 Å². The van der Waals surface area contributed by atoms with Crippen LogP contribution in [0.25, 0.3) is 17.2 Å². The molecule has 0 saturated heterocycles. The zero-order valence-electron chi connectivity index (χ0n) is 8.66. The maximum absolute atomic E-state index is 10.1. The Morgan fingerprint density at radius 2 is 1.88 bits per heavy atom. The third-order valence-corrected chi connectivity index (χ3v) is 3.42. The molecule has 0 fully saturated rings. The van der Waals surface area contributed by atoms with Crippen molar-refractivity contribution >= 4 is 17.2 Å². The first-order valence-electron chi connectivity index (χ1n) is 5.44. The normalized spacial score (nSPS) is 18.8. The molecule has 0 saturated carbocycles. The zero-order valence-corrected chi connectivity index (χ0v) is 8.66. The summed E-state index contributed by atoms with van der Waals surface area (Å²) in [5.74, 6) is 1.31. The van der Waals surface area contributed by atoms with Crippen LogP contribution in [0.4, 0.5) is 0 Å². The van der Waals surface area contributed by atoms with E-state index in [1.165, 1.54) is 11.1 Å². The molecule has 0 amide bonds. The van der Waals surface area contributed by atoms with E-state index in [1.54, 1.807) is 6.07 Å². The van der Waals surface area contributed by atoms with Gasteiger partial charge in [-0.3, -0.25) is 0 Å². The second kappa shape index (κ2) is 2.59. The molecule has 3 aliphatic rings. The average molecular weight is 210 g/mol. The van der Waals surface area contributed by atoms with Crippen LogP contribution in [0.3, 0.4) is 0 Å². The molecule has 1 aliphatic heterocycles. The summed E-state index contributed by atoms with van der Waals surface area (Å²) in [5.41, 5.74) is 3.47. The highest BCUT2D eigenvalue weighted by molar-refractivity contribution is 5.88. The van der Waals surface area contributed by atoms with E-state index in [9.17, 15) is 5.11 Å². The molecule has 16 heavy (non-hydrogen) atoms. The molecule has 0 atom stereocenters. The van der Waals surface area contributed by atoms with Crippen molar-refractivity contribution < 1.29 is 9.84 Å². The van der Waals surface area contributed by atoms with Gasteiger partial charge in [0.05, 0.1) is 0 Å². The summed E-state index contributed by atoms with van der Waals surface area (Å²) in [6.45, 7) is 0.622. The number of ether oxygens (including phenoxy) is 1. The summed E-state index contributed by atoms with van der Waals surface area (Å²) in [6.07, 6.45) is 9.13. The van der Waals surface area contributed by atoms with Gasteiger partial charge < -0.3 is 9.84 Å². The number of benzene rings is 1. The first-order valence-corrected chi connectivity index (χ1v) is 5.44. The van der Waals surface area contributed by atoms with Crippen molar-refractivity contribution in [3.63, 3.8) is 0 Å². The highest BCUT2D eigenvalue weighted by Gasteiger charge is 2.23. The number of phenols is 1. The molecule has 0 radical (unpaired) electrons. The van der Waals surface area contributed by atoms with Crippen molar-refractivity contribution in [3.05, 3.63) is 40.3 Å². The summed E-state index contributed by atoms with van der Waals surface area (Å²) >= 11 is 0. The molecule has 78 valence electrons. The predicted octanol–water partition coefficient (Wildman–Crippen LogP) is 1.07. The minimum absolute atomic E-state index is 0.373. The van der Waals surface area contributed by atoms with Gasteiger partial charge in [-0.05, 0) is 29.7 Å². The lowest BCUT2D eigenvalue weighted by Crippen LogP contribution is -2.29. The quantitative estimate of drug-likeness (QED) is 0.694. The number of hydrogen-bond acceptors (Lipinski definition) is 2. The smallest absolute Gasteiger partial charge is 0.135 e. The Labute approximate surface area is 92.5 Å². The van der Waals surface area contributed by atoms with E-state index >= 15 is 0 Å². The minimum Gasteiger partial charge on any atom is -0.507 e. The monoisotopic (exact) mass is 210 g/mol. The molecule has 2 aliphatic carbocycles. The Bertz CT molecular complexity index is 690. The molecule has 0 unspecified atom stereocenters. The highest BCUT2D eigenvalue weighted by Crippen LogP contribution is 2.31. The summed E-state index contributed by atoms with van der Waals surface area (Å²) in [5, 5.41) is 12.1. The molecule has 1 aromatic rings. The minimum atomic E-state index is 0.373. The van der Waals surface area contributed by atoms with E-state index in [-0.39, 0.29) is 0 Å². The first kappa shape index (κ1) is 8.22. The Hall–Kier alpha value is -1.96. The molecule has 2 bridgehead atoms. The van der Waals surface area contributed by atoms with E-state index in [4.69, 9.17) is 4.74 Å². The molecule has 1 aromatic carbocycles. The fraction of sp³-hybridized carbons (Fsp3) is 0.143. The lowest BCUT2D eigenvalue weighted by Gasteiger charge is -2.14. The SMILES string of the molecule is Oc1cc2c(c3c1=C1C=CC=3C1)OCC=C2. The van der Waals surface area contributed by atoms with Gasteiger partial charge in [0.15, 0.2) is 0 Å². The second-order valence-corrected chi connectivity index (χ2v) is 4.34. The number of fused-ring (bicyclic) bond motifs is 5. The van der Waals surface area contributed by atoms with Gasteiger partial charge >= 0.3 is 0 Å². The van der Waals surface area contributed by atoms with Gasteiger partial charge in [-0.2, -0.15) is 0 Å². The molecule has 0 spiro atoms. The van der Waals surface area contributed by atoms with E-state index in [0.717, 1.165) is 28.2 Å². The van der Waals surface area contributed by atoms with Crippen molar-refractivity contribution in [3.8, 4) is 11.5 Å². The van der Waals surface area contributed by atoms with Gasteiger partial charge in [-0.1, -0.05) is 18.2 Å². The van der Waals surface area contributed by atoms with Gasteiger partial charge in [0, 0.05) is 16.0 Å². The third-order valence-electron chi connectivity index (χ3n) is 3.42. The van der Waals surface area contributed by atoms with Crippen molar-refractivity contribution in [2.24, 2.45) is 0 Å². The lowest BCUT2D eigenvalue weighted by atomic mass is 10.0. The van der Waals surface area contributed by atoms with Crippen LogP contribution < -0.4 is 15.2 Å². The van der Waals surface area contributed by atoms with Crippen LogP contribution >= 0.6 is 0 Å². The molecule has 4 rings (SSSR count). The molecular weight excluding hydrogens is 200 g/mol. The molecular formula is C14H10O2. The van der Waals surface area contributed by atoms with Crippen molar-refractivity contribution in [1.29, 1.82) is 0 Å². The Kier molecular flexibility index (Phi) is 1.33. The Morgan fingerprint density at radius 3 is 2.75 bits per heavy atom. The summed E-state index contributed by atoms with van der Waals surface area (Å²) in [4.78, 5) is 0. The largest absolute Gasteiger partial charge is 0.507 e. The molecule has 1 heterocycles. The van der Waals surface area contributed by atoms with Crippen LogP contribution in [0.15, 0.2) is 24.3 Å². The van der Waals surface area contributed by atoms with Crippen LogP contribution in [-0.2, 0) is 0 Å². The number of rotatable bonds is 0. The number of phenolic OH excluding ortho intramolecular Hbond substituents is 1. The molecule has 2 heteroatoms.